The van der Waals surface area contributed by atoms with E-state index in [2.05, 4.69) is 53.4 Å². The lowest BCUT2D eigenvalue weighted by Crippen LogP contribution is -1.99. The number of hydrogen-bond donors (Lipinski definition) is 0. The fourth-order valence-corrected chi connectivity index (χ4v) is 2.18. The Morgan fingerprint density at radius 1 is 1.11 bits per heavy atom. The van der Waals surface area contributed by atoms with Crippen LogP contribution in [0.25, 0.3) is 16.9 Å². The number of nitrogens with zero attached hydrogens (tertiary/aromatic N) is 4. The number of pyridine rings is 1. The number of fused-ring (bicyclic) bond motifs is 1. The molecule has 1 aromatic carbocycles. The molecule has 2 aromatic heterocycles. The summed E-state index contributed by atoms with van der Waals surface area (Å²) in [6, 6.07) is 12.2. The van der Waals surface area contributed by atoms with Crippen LogP contribution in [0.1, 0.15) is 19.4 Å². The van der Waals surface area contributed by atoms with Gasteiger partial charge < -0.3 is 0 Å². The molecule has 0 atom stereocenters. The first-order chi connectivity index (χ1) is 9.24. The molecule has 4 heteroatoms. The van der Waals surface area contributed by atoms with Crippen molar-refractivity contribution in [1.29, 1.82) is 0 Å². The fourth-order valence-electron chi connectivity index (χ4n) is 2.18. The predicted octanol–water partition coefficient (Wildman–Crippen LogP) is 3.01. The Morgan fingerprint density at radius 3 is 2.63 bits per heavy atom. The van der Waals surface area contributed by atoms with Crippen molar-refractivity contribution in [2.24, 2.45) is 5.92 Å². The summed E-state index contributed by atoms with van der Waals surface area (Å²) in [6.07, 6.45) is 2.85. The summed E-state index contributed by atoms with van der Waals surface area (Å²) >= 11 is 0. The summed E-state index contributed by atoms with van der Waals surface area (Å²) in [5, 5.41) is 8.28. The largest absolute Gasteiger partial charge is 0.235 e. The zero-order valence-corrected chi connectivity index (χ0v) is 11.1. The van der Waals surface area contributed by atoms with E-state index in [1.807, 2.05) is 12.1 Å². The van der Waals surface area contributed by atoms with Gasteiger partial charge in [-0.15, -0.1) is 5.10 Å². The minimum Gasteiger partial charge on any atom is -0.235 e. The topological polar surface area (TPSA) is 43.6 Å². The molecule has 0 fully saturated rings. The summed E-state index contributed by atoms with van der Waals surface area (Å²) in [5.41, 5.74) is 3.94. The van der Waals surface area contributed by atoms with E-state index >= 15 is 0 Å². The molecule has 3 rings (SSSR count). The normalized spacial score (nSPS) is 11.3. The molecule has 0 N–H and O–H groups in total. The molecule has 0 radical (unpaired) electrons. The lowest BCUT2D eigenvalue weighted by molar-refractivity contribution is 0.647. The van der Waals surface area contributed by atoms with Crippen LogP contribution in [-0.4, -0.2) is 20.0 Å². The Morgan fingerprint density at radius 2 is 1.89 bits per heavy atom. The zero-order valence-electron chi connectivity index (χ0n) is 11.1. The number of benzene rings is 1. The zero-order chi connectivity index (χ0) is 13.2. The van der Waals surface area contributed by atoms with Crippen LogP contribution in [-0.2, 0) is 6.42 Å². The van der Waals surface area contributed by atoms with Crippen LogP contribution in [0.2, 0.25) is 0 Å². The molecule has 0 spiro atoms. The second-order valence-electron chi connectivity index (χ2n) is 5.11. The monoisotopic (exact) mass is 252 g/mol. The first kappa shape index (κ1) is 11.8. The van der Waals surface area contributed by atoms with Crippen LogP contribution in [0.3, 0.4) is 0 Å². The van der Waals surface area contributed by atoms with Gasteiger partial charge in [0.1, 0.15) is 5.52 Å². The average molecular weight is 252 g/mol. The van der Waals surface area contributed by atoms with Crippen molar-refractivity contribution in [3.05, 3.63) is 48.2 Å². The maximum atomic E-state index is 4.33. The summed E-state index contributed by atoms with van der Waals surface area (Å²) < 4.78 is 1.77. The number of hydrogen-bond acceptors (Lipinski definition) is 3. The van der Waals surface area contributed by atoms with Crippen molar-refractivity contribution in [3.8, 4) is 5.69 Å². The smallest absolute Gasteiger partial charge is 0.183 e. The van der Waals surface area contributed by atoms with Gasteiger partial charge >= 0.3 is 0 Å². The van der Waals surface area contributed by atoms with Crippen molar-refractivity contribution in [2.45, 2.75) is 20.3 Å². The summed E-state index contributed by atoms with van der Waals surface area (Å²) in [5.74, 6) is 0.666. The van der Waals surface area contributed by atoms with E-state index < -0.39 is 0 Å². The molecule has 19 heavy (non-hydrogen) atoms. The quantitative estimate of drug-likeness (QED) is 0.719. The molecule has 0 amide bonds. The Kier molecular flexibility index (Phi) is 2.99. The highest BCUT2D eigenvalue weighted by molar-refractivity contribution is 5.71. The van der Waals surface area contributed by atoms with Gasteiger partial charge in [0.15, 0.2) is 5.65 Å². The van der Waals surface area contributed by atoms with Crippen LogP contribution < -0.4 is 0 Å². The van der Waals surface area contributed by atoms with Gasteiger partial charge in [-0.25, -0.2) is 4.98 Å². The van der Waals surface area contributed by atoms with E-state index in [1.165, 1.54) is 5.56 Å². The molecule has 3 aromatic rings. The third kappa shape index (κ3) is 2.34. The lowest BCUT2D eigenvalue weighted by atomic mass is 10.0. The van der Waals surface area contributed by atoms with Gasteiger partial charge in [0, 0.05) is 6.20 Å². The molecule has 0 bridgehead atoms. The third-order valence-corrected chi connectivity index (χ3v) is 3.03. The number of aromatic nitrogens is 4. The highest BCUT2D eigenvalue weighted by Gasteiger charge is 2.07. The second kappa shape index (κ2) is 4.80. The van der Waals surface area contributed by atoms with Gasteiger partial charge in [-0.2, -0.15) is 4.68 Å². The van der Waals surface area contributed by atoms with Crippen LogP contribution >= 0.6 is 0 Å². The SMILES string of the molecule is CC(C)Cc1ccc(-n2nnc3cccnc32)cc1. The van der Waals surface area contributed by atoms with Crippen molar-refractivity contribution < 1.29 is 0 Å². The minimum absolute atomic E-state index is 0.666. The average Bonchev–Trinajstić information content (AvgIpc) is 2.83. The first-order valence-corrected chi connectivity index (χ1v) is 6.50. The maximum Gasteiger partial charge on any atom is 0.183 e. The van der Waals surface area contributed by atoms with Crippen molar-refractivity contribution in [2.75, 3.05) is 0 Å². The molecule has 0 saturated heterocycles. The molecular formula is C15H16N4. The van der Waals surface area contributed by atoms with Crippen LogP contribution in [0.4, 0.5) is 0 Å². The van der Waals surface area contributed by atoms with Crippen molar-refractivity contribution in [3.63, 3.8) is 0 Å². The molecule has 0 aliphatic heterocycles. The van der Waals surface area contributed by atoms with Gasteiger partial charge in [-0.05, 0) is 42.2 Å². The van der Waals surface area contributed by atoms with Crippen molar-refractivity contribution >= 4 is 11.2 Å². The number of rotatable bonds is 3. The Bertz CT molecular complexity index is 683. The Labute approximate surface area is 112 Å². The van der Waals surface area contributed by atoms with E-state index in [9.17, 15) is 0 Å². The third-order valence-electron chi connectivity index (χ3n) is 3.03. The molecule has 0 unspecified atom stereocenters. The fraction of sp³-hybridized carbons (Fsp3) is 0.267. The first-order valence-electron chi connectivity index (χ1n) is 6.50. The molecular weight excluding hydrogens is 236 g/mol. The molecule has 0 aliphatic rings. The second-order valence-corrected chi connectivity index (χ2v) is 5.11. The standard InChI is InChI=1S/C15H16N4/c1-11(2)10-12-5-7-13(8-6-12)19-15-14(17-18-19)4-3-9-16-15/h3-9,11H,10H2,1-2H3. The molecule has 0 saturated carbocycles. The van der Waals surface area contributed by atoms with Gasteiger partial charge in [-0.3, -0.25) is 0 Å². The lowest BCUT2D eigenvalue weighted by Gasteiger charge is -2.06. The van der Waals surface area contributed by atoms with Crippen LogP contribution in [0.15, 0.2) is 42.6 Å². The van der Waals surface area contributed by atoms with E-state index in [-0.39, 0.29) is 0 Å². The molecule has 0 aliphatic carbocycles. The summed E-state index contributed by atoms with van der Waals surface area (Å²) in [6.45, 7) is 4.45. The van der Waals surface area contributed by atoms with E-state index in [0.29, 0.717) is 5.92 Å². The highest BCUT2D eigenvalue weighted by Crippen LogP contribution is 2.15. The Balaban J connectivity index is 1.98. The van der Waals surface area contributed by atoms with Gasteiger partial charge in [0.2, 0.25) is 0 Å². The van der Waals surface area contributed by atoms with Crippen LogP contribution in [0.5, 0.6) is 0 Å². The van der Waals surface area contributed by atoms with E-state index in [4.69, 9.17) is 0 Å². The van der Waals surface area contributed by atoms with Gasteiger partial charge in [-0.1, -0.05) is 31.2 Å². The minimum atomic E-state index is 0.666. The van der Waals surface area contributed by atoms with Crippen LogP contribution in [0, 0.1) is 5.92 Å². The van der Waals surface area contributed by atoms with E-state index in [1.54, 1.807) is 10.9 Å². The predicted molar refractivity (Wildman–Crippen MR) is 75.2 cm³/mol. The van der Waals surface area contributed by atoms with E-state index in [0.717, 1.165) is 23.3 Å². The highest BCUT2D eigenvalue weighted by atomic mass is 15.4. The van der Waals surface area contributed by atoms with Crippen molar-refractivity contribution in [1.82, 2.24) is 20.0 Å². The van der Waals surface area contributed by atoms with Gasteiger partial charge in [0.25, 0.3) is 0 Å². The molecule has 4 nitrogen and oxygen atoms in total. The molecule has 2 heterocycles. The maximum absolute atomic E-state index is 4.33. The summed E-state index contributed by atoms with van der Waals surface area (Å²) in [7, 11) is 0. The summed E-state index contributed by atoms with van der Waals surface area (Å²) in [4.78, 5) is 4.33. The molecule has 96 valence electrons. The van der Waals surface area contributed by atoms with Gasteiger partial charge in [0.05, 0.1) is 5.69 Å². The Hall–Kier alpha value is -2.23.